The number of alkyl halides is 1. The van der Waals surface area contributed by atoms with Crippen molar-refractivity contribution in [3.63, 3.8) is 0 Å². The summed E-state index contributed by atoms with van der Waals surface area (Å²) >= 11 is 5.94. The highest BCUT2D eigenvalue weighted by atomic mass is 35.5. The van der Waals surface area contributed by atoms with Gasteiger partial charge in [0.05, 0.1) is 6.61 Å². The summed E-state index contributed by atoms with van der Waals surface area (Å²) in [7, 11) is 0. The van der Waals surface area contributed by atoms with E-state index in [0.29, 0.717) is 5.88 Å². The minimum Gasteiger partial charge on any atom is -0.494 e. The van der Waals surface area contributed by atoms with Crippen LogP contribution in [0.3, 0.4) is 0 Å². The minimum atomic E-state index is 0.589. The highest BCUT2D eigenvalue weighted by Gasteiger charge is 2.03. The quantitative estimate of drug-likeness (QED) is 0.434. The van der Waals surface area contributed by atoms with E-state index in [1.165, 1.54) is 30.4 Å². The summed E-state index contributed by atoms with van der Waals surface area (Å²) in [4.78, 5) is 0. The van der Waals surface area contributed by atoms with Crippen LogP contribution in [0.1, 0.15) is 57.1 Å². The molecule has 0 heterocycles. The molecular weight excluding hydrogens is 244 g/mol. The molecule has 0 N–H and O–H groups in total. The van der Waals surface area contributed by atoms with Crippen LogP contribution in [0.4, 0.5) is 0 Å². The number of hydrogen-bond donors (Lipinski definition) is 0. The minimum absolute atomic E-state index is 0.589. The molecule has 0 aliphatic carbocycles. The number of rotatable bonds is 9. The molecule has 0 spiro atoms. The molecule has 18 heavy (non-hydrogen) atoms. The van der Waals surface area contributed by atoms with Crippen molar-refractivity contribution in [3.8, 4) is 5.75 Å². The Kier molecular flexibility index (Phi) is 7.91. The molecule has 0 aliphatic rings. The fourth-order valence-corrected chi connectivity index (χ4v) is 2.30. The van der Waals surface area contributed by atoms with Gasteiger partial charge in [0, 0.05) is 5.88 Å². The van der Waals surface area contributed by atoms with Crippen LogP contribution in [-0.2, 0) is 12.3 Å². The van der Waals surface area contributed by atoms with Gasteiger partial charge < -0.3 is 4.74 Å². The first kappa shape index (κ1) is 15.4. The molecule has 0 bridgehead atoms. The van der Waals surface area contributed by atoms with E-state index < -0.39 is 0 Å². The van der Waals surface area contributed by atoms with Crippen molar-refractivity contribution >= 4 is 11.6 Å². The molecule has 0 unspecified atom stereocenters. The molecular formula is C16H25ClO. The summed E-state index contributed by atoms with van der Waals surface area (Å²) in [5, 5.41) is 0. The Balaban J connectivity index is 2.48. The first-order valence-corrected chi connectivity index (χ1v) is 7.65. The molecule has 1 nitrogen and oxygen atoms in total. The van der Waals surface area contributed by atoms with Gasteiger partial charge in [-0.25, -0.2) is 0 Å². The molecule has 0 atom stereocenters. The zero-order valence-electron chi connectivity index (χ0n) is 11.7. The zero-order chi connectivity index (χ0) is 13.2. The first-order valence-electron chi connectivity index (χ1n) is 7.12. The van der Waals surface area contributed by atoms with E-state index in [9.17, 15) is 0 Å². The third-order valence-corrected chi connectivity index (χ3v) is 3.40. The SMILES string of the molecule is CCCCCCOc1ccc(CCl)c(CCC)c1. The molecule has 1 rings (SSSR count). The van der Waals surface area contributed by atoms with Crippen LogP contribution in [0.5, 0.6) is 5.75 Å². The number of benzene rings is 1. The third-order valence-electron chi connectivity index (χ3n) is 3.11. The zero-order valence-corrected chi connectivity index (χ0v) is 12.4. The fourth-order valence-electron chi connectivity index (χ4n) is 2.04. The Bertz CT molecular complexity index is 336. The van der Waals surface area contributed by atoms with Crippen molar-refractivity contribution in [3.05, 3.63) is 29.3 Å². The second-order valence-corrected chi connectivity index (χ2v) is 4.99. The summed E-state index contributed by atoms with van der Waals surface area (Å²) in [6.45, 7) is 5.24. The summed E-state index contributed by atoms with van der Waals surface area (Å²) in [5.74, 6) is 1.58. The Morgan fingerprint density at radius 1 is 1.00 bits per heavy atom. The average Bonchev–Trinajstić information content (AvgIpc) is 2.39. The van der Waals surface area contributed by atoms with Crippen molar-refractivity contribution in [2.45, 2.75) is 58.3 Å². The number of ether oxygens (including phenoxy) is 1. The number of aryl methyl sites for hydroxylation is 1. The van der Waals surface area contributed by atoms with E-state index in [1.807, 2.05) is 6.07 Å². The van der Waals surface area contributed by atoms with Crippen molar-refractivity contribution in [1.29, 1.82) is 0 Å². The lowest BCUT2D eigenvalue weighted by atomic mass is 10.0. The topological polar surface area (TPSA) is 9.23 Å². The van der Waals surface area contributed by atoms with Gasteiger partial charge in [-0.1, -0.05) is 45.6 Å². The van der Waals surface area contributed by atoms with E-state index in [4.69, 9.17) is 16.3 Å². The van der Waals surface area contributed by atoms with Crippen molar-refractivity contribution in [2.75, 3.05) is 6.61 Å². The van der Waals surface area contributed by atoms with Crippen molar-refractivity contribution in [1.82, 2.24) is 0 Å². The van der Waals surface area contributed by atoms with Gasteiger partial charge in [-0.2, -0.15) is 0 Å². The van der Waals surface area contributed by atoms with Crippen molar-refractivity contribution in [2.24, 2.45) is 0 Å². The van der Waals surface area contributed by atoms with Crippen LogP contribution in [0.25, 0.3) is 0 Å². The summed E-state index contributed by atoms with van der Waals surface area (Å²) in [6.07, 6.45) is 7.20. The normalized spacial score (nSPS) is 10.6. The van der Waals surface area contributed by atoms with Gasteiger partial charge in [-0.05, 0) is 36.1 Å². The highest BCUT2D eigenvalue weighted by Crippen LogP contribution is 2.21. The van der Waals surface area contributed by atoms with Gasteiger partial charge in [-0.3, -0.25) is 0 Å². The predicted molar refractivity (Wildman–Crippen MR) is 79.6 cm³/mol. The fraction of sp³-hybridized carbons (Fsp3) is 0.625. The molecule has 1 aromatic rings. The molecule has 1 aromatic carbocycles. The van der Waals surface area contributed by atoms with E-state index in [-0.39, 0.29) is 0 Å². The van der Waals surface area contributed by atoms with E-state index in [1.54, 1.807) is 0 Å². The van der Waals surface area contributed by atoms with Crippen LogP contribution >= 0.6 is 11.6 Å². The maximum atomic E-state index is 5.94. The second-order valence-electron chi connectivity index (χ2n) is 4.72. The summed E-state index contributed by atoms with van der Waals surface area (Å²) < 4.78 is 5.80. The maximum absolute atomic E-state index is 5.94. The van der Waals surface area contributed by atoms with E-state index in [0.717, 1.165) is 31.6 Å². The van der Waals surface area contributed by atoms with Crippen molar-refractivity contribution < 1.29 is 4.74 Å². The third kappa shape index (κ3) is 5.30. The number of hydrogen-bond acceptors (Lipinski definition) is 1. The predicted octanol–water partition coefficient (Wildman–Crippen LogP) is 5.34. The number of halogens is 1. The lowest BCUT2D eigenvalue weighted by molar-refractivity contribution is 0.304. The Morgan fingerprint density at radius 2 is 1.83 bits per heavy atom. The lowest BCUT2D eigenvalue weighted by Crippen LogP contribution is -1.99. The highest BCUT2D eigenvalue weighted by molar-refractivity contribution is 6.17. The Labute approximate surface area is 116 Å². The average molecular weight is 269 g/mol. The van der Waals surface area contributed by atoms with Gasteiger partial charge in [-0.15, -0.1) is 11.6 Å². The summed E-state index contributed by atoms with van der Waals surface area (Å²) in [6, 6.07) is 6.29. The van der Waals surface area contributed by atoms with Crippen LogP contribution in [0.15, 0.2) is 18.2 Å². The molecule has 0 saturated heterocycles. The van der Waals surface area contributed by atoms with Gasteiger partial charge in [0.1, 0.15) is 5.75 Å². The van der Waals surface area contributed by atoms with E-state index >= 15 is 0 Å². The van der Waals surface area contributed by atoms with Crippen LogP contribution in [0, 0.1) is 0 Å². The first-order chi connectivity index (χ1) is 8.81. The molecule has 0 fully saturated rings. The molecule has 0 aliphatic heterocycles. The smallest absolute Gasteiger partial charge is 0.119 e. The number of unbranched alkanes of at least 4 members (excludes halogenated alkanes) is 3. The Morgan fingerprint density at radius 3 is 2.50 bits per heavy atom. The van der Waals surface area contributed by atoms with Gasteiger partial charge in [0.15, 0.2) is 0 Å². The van der Waals surface area contributed by atoms with E-state index in [2.05, 4.69) is 26.0 Å². The van der Waals surface area contributed by atoms with Crippen LogP contribution in [-0.4, -0.2) is 6.61 Å². The Hall–Kier alpha value is -0.690. The second kappa shape index (κ2) is 9.27. The molecule has 0 saturated carbocycles. The van der Waals surface area contributed by atoms with Crippen LogP contribution in [0.2, 0.25) is 0 Å². The summed E-state index contributed by atoms with van der Waals surface area (Å²) in [5.41, 5.74) is 2.57. The maximum Gasteiger partial charge on any atom is 0.119 e. The van der Waals surface area contributed by atoms with Gasteiger partial charge in [0.25, 0.3) is 0 Å². The van der Waals surface area contributed by atoms with Gasteiger partial charge >= 0.3 is 0 Å². The molecule has 0 aromatic heterocycles. The molecule has 0 radical (unpaired) electrons. The molecule has 102 valence electrons. The molecule has 2 heteroatoms. The van der Waals surface area contributed by atoms with Crippen LogP contribution < -0.4 is 4.74 Å². The van der Waals surface area contributed by atoms with Gasteiger partial charge in [0.2, 0.25) is 0 Å². The molecule has 0 amide bonds. The lowest BCUT2D eigenvalue weighted by Gasteiger charge is -2.11. The monoisotopic (exact) mass is 268 g/mol. The largest absolute Gasteiger partial charge is 0.494 e. The standard InChI is InChI=1S/C16H25ClO/c1-3-5-6-7-11-18-16-10-9-15(13-17)14(12-16)8-4-2/h9-10,12H,3-8,11,13H2,1-2H3.